The molecular weight excluding hydrogens is 223 g/mol. The molecule has 0 amide bonds. The number of anilines is 2. The number of nitrogens with two attached hydrogens (primary N) is 2. The van der Waals surface area contributed by atoms with Gasteiger partial charge in [0.25, 0.3) is 0 Å². The lowest BCUT2D eigenvalue weighted by Crippen LogP contribution is -2.18. The molecule has 1 rings (SSSR count). The van der Waals surface area contributed by atoms with Gasteiger partial charge in [0.15, 0.2) is 5.82 Å². The summed E-state index contributed by atoms with van der Waals surface area (Å²) in [5.74, 6) is -1.05. The van der Waals surface area contributed by atoms with Crippen LogP contribution in [-0.4, -0.2) is 11.3 Å². The molecule has 0 saturated heterocycles. The molecule has 0 unspecified atom stereocenters. The molecule has 0 fully saturated rings. The van der Waals surface area contributed by atoms with Crippen molar-refractivity contribution in [1.29, 1.82) is 0 Å². The zero-order valence-electron chi connectivity index (χ0n) is 6.60. The largest absolute Gasteiger partial charge is 0.574 e. The van der Waals surface area contributed by atoms with Crippen LogP contribution in [0.3, 0.4) is 0 Å². The summed E-state index contributed by atoms with van der Waals surface area (Å²) in [6.45, 7) is 0. The summed E-state index contributed by atoms with van der Waals surface area (Å²) >= 11 is 5.46. The van der Waals surface area contributed by atoms with Gasteiger partial charge in [-0.3, -0.25) is 0 Å². The van der Waals surface area contributed by atoms with E-state index in [0.29, 0.717) is 0 Å². The van der Waals surface area contributed by atoms with Crippen molar-refractivity contribution < 1.29 is 17.9 Å². The zero-order chi connectivity index (χ0) is 10.9. The number of halogens is 4. The van der Waals surface area contributed by atoms with Gasteiger partial charge in [-0.1, -0.05) is 11.6 Å². The molecular formula is C6H5ClF3N3O. The number of rotatable bonds is 1. The maximum Gasteiger partial charge on any atom is 0.574 e. The predicted molar refractivity (Wildman–Crippen MR) is 44.8 cm³/mol. The van der Waals surface area contributed by atoms with Crippen molar-refractivity contribution in [3.05, 3.63) is 11.1 Å². The smallest absolute Gasteiger partial charge is 0.395 e. The summed E-state index contributed by atoms with van der Waals surface area (Å²) in [6, 6.07) is 0.834. The van der Waals surface area contributed by atoms with Gasteiger partial charge < -0.3 is 16.2 Å². The quantitative estimate of drug-likeness (QED) is 0.767. The second-order valence-electron chi connectivity index (χ2n) is 2.29. The predicted octanol–water partition coefficient (Wildman–Crippen LogP) is 1.80. The number of pyridine rings is 1. The van der Waals surface area contributed by atoms with Crippen LogP contribution in [0.2, 0.25) is 5.02 Å². The van der Waals surface area contributed by atoms with Crippen LogP contribution in [0.4, 0.5) is 24.7 Å². The minimum absolute atomic E-state index is 0.0822. The van der Waals surface area contributed by atoms with E-state index in [4.69, 9.17) is 23.1 Å². The zero-order valence-corrected chi connectivity index (χ0v) is 7.36. The summed E-state index contributed by atoms with van der Waals surface area (Å²) < 4.78 is 38.7. The van der Waals surface area contributed by atoms with Gasteiger partial charge in [-0.2, -0.15) is 4.98 Å². The molecule has 1 heterocycles. The molecule has 0 radical (unpaired) electrons. The van der Waals surface area contributed by atoms with Gasteiger partial charge in [0.05, 0.1) is 10.7 Å². The standard InChI is InChI=1S/C6H5ClF3N3O/c7-2-1-3(14-6(8,9)10)13-5(12)4(2)11/h1H,11H2,(H2,12,13). The van der Waals surface area contributed by atoms with Gasteiger partial charge in [-0.15, -0.1) is 13.2 Å². The lowest BCUT2D eigenvalue weighted by Gasteiger charge is -2.09. The second kappa shape index (κ2) is 3.41. The maximum atomic E-state index is 11.7. The third-order valence-electron chi connectivity index (χ3n) is 1.23. The van der Waals surface area contributed by atoms with Crippen molar-refractivity contribution in [1.82, 2.24) is 4.98 Å². The molecule has 14 heavy (non-hydrogen) atoms. The number of aromatic nitrogens is 1. The number of ether oxygens (including phenoxy) is 1. The first kappa shape index (κ1) is 10.7. The molecule has 0 saturated carbocycles. The summed E-state index contributed by atoms with van der Waals surface area (Å²) in [6.07, 6.45) is -4.83. The van der Waals surface area contributed by atoms with Crippen molar-refractivity contribution in [3.8, 4) is 5.88 Å². The molecule has 0 bridgehead atoms. The molecule has 0 aliphatic heterocycles. The normalized spacial score (nSPS) is 11.4. The molecule has 4 nitrogen and oxygen atoms in total. The second-order valence-corrected chi connectivity index (χ2v) is 2.70. The van der Waals surface area contributed by atoms with Crippen LogP contribution < -0.4 is 16.2 Å². The molecule has 1 aromatic heterocycles. The molecule has 8 heteroatoms. The average molecular weight is 228 g/mol. The van der Waals surface area contributed by atoms with E-state index in [-0.39, 0.29) is 16.5 Å². The fraction of sp³-hybridized carbons (Fsp3) is 0.167. The Kier molecular flexibility index (Phi) is 2.61. The lowest BCUT2D eigenvalue weighted by molar-refractivity contribution is -0.276. The van der Waals surface area contributed by atoms with Gasteiger partial charge in [-0.05, 0) is 0 Å². The van der Waals surface area contributed by atoms with E-state index in [1.807, 2.05) is 0 Å². The van der Waals surface area contributed by atoms with Crippen LogP contribution in [-0.2, 0) is 0 Å². The minimum atomic E-state index is -4.83. The number of hydrogen-bond donors (Lipinski definition) is 2. The molecule has 0 aromatic carbocycles. The molecule has 0 spiro atoms. The molecule has 4 N–H and O–H groups in total. The first-order valence-electron chi connectivity index (χ1n) is 3.27. The number of hydrogen-bond acceptors (Lipinski definition) is 4. The van der Waals surface area contributed by atoms with Gasteiger partial charge in [-0.25, -0.2) is 0 Å². The van der Waals surface area contributed by atoms with E-state index in [1.165, 1.54) is 0 Å². The first-order valence-corrected chi connectivity index (χ1v) is 3.64. The molecule has 1 aromatic rings. The maximum absolute atomic E-state index is 11.7. The topological polar surface area (TPSA) is 74.2 Å². The van der Waals surface area contributed by atoms with Gasteiger partial charge in [0.1, 0.15) is 0 Å². The van der Waals surface area contributed by atoms with Gasteiger partial charge in [0.2, 0.25) is 5.88 Å². The van der Waals surface area contributed by atoms with Crippen LogP contribution in [0.5, 0.6) is 5.88 Å². The third kappa shape index (κ3) is 2.56. The number of alkyl halides is 3. The summed E-state index contributed by atoms with van der Waals surface area (Å²) in [5.41, 5.74) is 10.3. The Balaban J connectivity index is 3.02. The highest BCUT2D eigenvalue weighted by atomic mass is 35.5. The Bertz CT molecular complexity index is 332. The van der Waals surface area contributed by atoms with Crippen LogP contribution >= 0.6 is 11.6 Å². The molecule has 0 aliphatic carbocycles. The van der Waals surface area contributed by atoms with E-state index in [2.05, 4.69) is 9.72 Å². The van der Waals surface area contributed by atoms with E-state index in [9.17, 15) is 13.2 Å². The van der Waals surface area contributed by atoms with Crippen molar-refractivity contribution in [3.63, 3.8) is 0 Å². The van der Waals surface area contributed by atoms with E-state index >= 15 is 0 Å². The lowest BCUT2D eigenvalue weighted by atomic mass is 10.4. The monoisotopic (exact) mass is 227 g/mol. The number of nitrogens with zero attached hydrogens (tertiary/aromatic N) is 1. The van der Waals surface area contributed by atoms with Crippen LogP contribution in [0, 0.1) is 0 Å². The Morgan fingerprint density at radius 3 is 2.36 bits per heavy atom. The first-order chi connectivity index (χ1) is 6.29. The van der Waals surface area contributed by atoms with Crippen molar-refractivity contribution in [2.24, 2.45) is 0 Å². The Morgan fingerprint density at radius 1 is 1.36 bits per heavy atom. The Morgan fingerprint density at radius 2 is 1.93 bits per heavy atom. The molecule has 0 aliphatic rings. The van der Waals surface area contributed by atoms with Crippen molar-refractivity contribution >= 4 is 23.1 Å². The summed E-state index contributed by atoms with van der Waals surface area (Å²) in [7, 11) is 0. The fourth-order valence-electron chi connectivity index (χ4n) is 0.691. The average Bonchev–Trinajstić information content (AvgIpc) is 1.96. The summed E-state index contributed by atoms with van der Waals surface area (Å²) in [4.78, 5) is 3.25. The SMILES string of the molecule is Nc1nc(OC(F)(F)F)cc(Cl)c1N. The van der Waals surface area contributed by atoms with Gasteiger partial charge in [0, 0.05) is 6.07 Å². The minimum Gasteiger partial charge on any atom is -0.395 e. The van der Waals surface area contributed by atoms with Crippen LogP contribution in [0.1, 0.15) is 0 Å². The van der Waals surface area contributed by atoms with Gasteiger partial charge >= 0.3 is 6.36 Å². The molecule has 0 atom stereocenters. The molecule has 78 valence electrons. The number of nitrogen functional groups attached to an aromatic ring is 2. The fourth-order valence-corrected chi connectivity index (χ4v) is 0.881. The highest BCUT2D eigenvalue weighted by molar-refractivity contribution is 6.33. The third-order valence-corrected chi connectivity index (χ3v) is 1.55. The van der Waals surface area contributed by atoms with E-state index in [0.717, 1.165) is 6.07 Å². The Hall–Kier alpha value is -1.37. The highest BCUT2D eigenvalue weighted by Crippen LogP contribution is 2.30. The van der Waals surface area contributed by atoms with Crippen LogP contribution in [0.15, 0.2) is 6.07 Å². The van der Waals surface area contributed by atoms with Crippen LogP contribution in [0.25, 0.3) is 0 Å². The van der Waals surface area contributed by atoms with Crippen molar-refractivity contribution in [2.75, 3.05) is 11.5 Å². The van der Waals surface area contributed by atoms with Crippen molar-refractivity contribution in [2.45, 2.75) is 6.36 Å². The van der Waals surface area contributed by atoms with E-state index in [1.54, 1.807) is 0 Å². The Labute approximate surface area is 81.6 Å². The highest BCUT2D eigenvalue weighted by Gasteiger charge is 2.32. The summed E-state index contributed by atoms with van der Waals surface area (Å²) in [5, 5.41) is -0.142. The van der Waals surface area contributed by atoms with E-state index < -0.39 is 12.2 Å².